The van der Waals surface area contributed by atoms with Gasteiger partial charge in [0.15, 0.2) is 0 Å². The van der Waals surface area contributed by atoms with Crippen LogP contribution in [0.25, 0.3) is 0 Å². The summed E-state index contributed by atoms with van der Waals surface area (Å²) in [6, 6.07) is 4.06. The third-order valence-corrected chi connectivity index (χ3v) is 5.68. The molecule has 0 atom stereocenters. The fourth-order valence-corrected chi connectivity index (χ4v) is 3.79. The quantitative estimate of drug-likeness (QED) is 0.796. The Morgan fingerprint density at radius 1 is 1.33 bits per heavy atom. The van der Waals surface area contributed by atoms with Crippen LogP contribution in [0.3, 0.4) is 0 Å². The summed E-state index contributed by atoms with van der Waals surface area (Å²) in [5.41, 5.74) is 0. The van der Waals surface area contributed by atoms with Crippen molar-refractivity contribution in [1.29, 1.82) is 0 Å². The van der Waals surface area contributed by atoms with E-state index in [4.69, 9.17) is 0 Å². The number of thiophene rings is 1. The Kier molecular flexibility index (Phi) is 5.74. The van der Waals surface area contributed by atoms with Crippen LogP contribution < -0.4 is 5.32 Å². The van der Waals surface area contributed by atoms with Gasteiger partial charge in [-0.05, 0) is 17.9 Å². The van der Waals surface area contributed by atoms with Crippen molar-refractivity contribution in [2.45, 2.75) is 6.42 Å². The Labute approximate surface area is 129 Å². The average Bonchev–Trinajstić information content (AvgIpc) is 2.91. The lowest BCUT2D eigenvalue weighted by atomic mass is 10.3. The SMILES string of the molecule is CS(=O)(=O)N1CCN(CC(=O)NCCc2cccs2)CC1. The number of sulfonamides is 1. The van der Waals surface area contributed by atoms with Crippen molar-refractivity contribution >= 4 is 27.3 Å². The molecule has 0 saturated carbocycles. The van der Waals surface area contributed by atoms with Crippen LogP contribution in [0.5, 0.6) is 0 Å². The number of piperazine rings is 1. The summed E-state index contributed by atoms with van der Waals surface area (Å²) in [6.45, 7) is 3.10. The largest absolute Gasteiger partial charge is 0.355 e. The number of carbonyl (C=O) groups excluding carboxylic acids is 1. The minimum absolute atomic E-state index is 0.000591. The van der Waals surface area contributed by atoms with Gasteiger partial charge in [-0.15, -0.1) is 11.3 Å². The van der Waals surface area contributed by atoms with Crippen molar-refractivity contribution in [2.24, 2.45) is 0 Å². The first kappa shape index (κ1) is 16.4. The Balaban J connectivity index is 1.65. The maximum absolute atomic E-state index is 11.8. The van der Waals surface area contributed by atoms with Gasteiger partial charge in [0.1, 0.15) is 0 Å². The van der Waals surface area contributed by atoms with Gasteiger partial charge in [0.25, 0.3) is 0 Å². The summed E-state index contributed by atoms with van der Waals surface area (Å²) >= 11 is 1.69. The van der Waals surface area contributed by atoms with E-state index in [1.54, 1.807) is 11.3 Å². The molecule has 0 unspecified atom stereocenters. The predicted octanol–water partition coefficient (Wildman–Crippen LogP) is -0.0160. The first-order valence-electron chi connectivity index (χ1n) is 6.92. The summed E-state index contributed by atoms with van der Waals surface area (Å²) in [6.07, 6.45) is 2.07. The second kappa shape index (κ2) is 7.35. The maximum atomic E-state index is 11.8. The molecule has 0 radical (unpaired) electrons. The lowest BCUT2D eigenvalue weighted by Crippen LogP contribution is -2.50. The Morgan fingerprint density at radius 3 is 2.62 bits per heavy atom. The molecule has 1 amide bonds. The molecule has 6 nitrogen and oxygen atoms in total. The molecule has 1 aliphatic rings. The van der Waals surface area contributed by atoms with E-state index in [1.807, 2.05) is 16.3 Å². The van der Waals surface area contributed by atoms with Crippen LogP contribution in [0.1, 0.15) is 4.88 Å². The van der Waals surface area contributed by atoms with E-state index in [9.17, 15) is 13.2 Å². The molecule has 0 spiro atoms. The molecule has 1 aromatic heterocycles. The molecule has 1 aliphatic heterocycles. The molecule has 8 heteroatoms. The second-order valence-corrected chi connectivity index (χ2v) is 8.13. The Bertz CT molecular complexity index is 549. The number of nitrogens with one attached hydrogen (secondary N) is 1. The van der Waals surface area contributed by atoms with Crippen molar-refractivity contribution in [1.82, 2.24) is 14.5 Å². The van der Waals surface area contributed by atoms with Crippen LogP contribution in [0, 0.1) is 0 Å². The van der Waals surface area contributed by atoms with Gasteiger partial charge in [-0.25, -0.2) is 8.42 Å². The molecular weight excluding hydrogens is 310 g/mol. The predicted molar refractivity (Wildman–Crippen MR) is 83.9 cm³/mol. The van der Waals surface area contributed by atoms with Gasteiger partial charge >= 0.3 is 0 Å². The monoisotopic (exact) mass is 331 g/mol. The lowest BCUT2D eigenvalue weighted by molar-refractivity contribution is -0.122. The molecule has 118 valence electrons. The number of rotatable bonds is 6. The number of hydrogen-bond donors (Lipinski definition) is 1. The van der Waals surface area contributed by atoms with Gasteiger partial charge < -0.3 is 5.32 Å². The van der Waals surface area contributed by atoms with Gasteiger partial charge in [0.2, 0.25) is 15.9 Å². The average molecular weight is 331 g/mol. The van der Waals surface area contributed by atoms with Crippen LogP contribution in [0.15, 0.2) is 17.5 Å². The molecule has 1 N–H and O–H groups in total. The minimum atomic E-state index is -3.11. The molecule has 21 heavy (non-hydrogen) atoms. The van der Waals surface area contributed by atoms with Crippen LogP contribution >= 0.6 is 11.3 Å². The highest BCUT2D eigenvalue weighted by molar-refractivity contribution is 7.88. The second-order valence-electron chi connectivity index (χ2n) is 5.12. The zero-order valence-electron chi connectivity index (χ0n) is 12.1. The number of hydrogen-bond acceptors (Lipinski definition) is 5. The fraction of sp³-hybridized carbons (Fsp3) is 0.615. The van der Waals surface area contributed by atoms with Crippen LogP contribution in [-0.2, 0) is 21.2 Å². The summed E-state index contributed by atoms with van der Waals surface area (Å²) in [4.78, 5) is 15.1. The molecule has 2 heterocycles. The first-order valence-corrected chi connectivity index (χ1v) is 9.64. The highest BCUT2D eigenvalue weighted by Crippen LogP contribution is 2.08. The lowest BCUT2D eigenvalue weighted by Gasteiger charge is -2.32. The van der Waals surface area contributed by atoms with Gasteiger partial charge in [-0.1, -0.05) is 6.07 Å². The van der Waals surface area contributed by atoms with Crippen molar-refractivity contribution in [3.05, 3.63) is 22.4 Å². The van der Waals surface area contributed by atoms with Gasteiger partial charge in [-0.2, -0.15) is 4.31 Å². The van der Waals surface area contributed by atoms with E-state index in [-0.39, 0.29) is 5.91 Å². The van der Waals surface area contributed by atoms with Gasteiger partial charge in [0.05, 0.1) is 12.8 Å². The minimum Gasteiger partial charge on any atom is -0.355 e. The fourth-order valence-electron chi connectivity index (χ4n) is 2.26. The molecule has 1 saturated heterocycles. The van der Waals surface area contributed by atoms with Crippen molar-refractivity contribution in [3.63, 3.8) is 0 Å². The van der Waals surface area contributed by atoms with Crippen LogP contribution in [-0.4, -0.2) is 69.1 Å². The van der Waals surface area contributed by atoms with Crippen molar-refractivity contribution in [2.75, 3.05) is 45.5 Å². The van der Waals surface area contributed by atoms with E-state index in [0.29, 0.717) is 39.3 Å². The Morgan fingerprint density at radius 2 is 2.05 bits per heavy atom. The number of amides is 1. The normalized spacial score (nSPS) is 17.8. The summed E-state index contributed by atoms with van der Waals surface area (Å²) in [7, 11) is -3.11. The van der Waals surface area contributed by atoms with Crippen LogP contribution in [0.2, 0.25) is 0 Å². The molecular formula is C13H21N3O3S2. The highest BCUT2D eigenvalue weighted by atomic mass is 32.2. The molecule has 0 aliphatic carbocycles. The molecule has 0 aromatic carbocycles. The van der Waals surface area contributed by atoms with Gasteiger partial charge in [0, 0.05) is 37.6 Å². The maximum Gasteiger partial charge on any atom is 0.234 e. The van der Waals surface area contributed by atoms with Crippen molar-refractivity contribution in [3.8, 4) is 0 Å². The number of nitrogens with zero attached hydrogens (tertiary/aromatic N) is 2. The van der Waals surface area contributed by atoms with Crippen LogP contribution in [0.4, 0.5) is 0 Å². The Hall–Kier alpha value is -0.960. The smallest absolute Gasteiger partial charge is 0.234 e. The van der Waals surface area contributed by atoms with E-state index in [1.165, 1.54) is 15.4 Å². The van der Waals surface area contributed by atoms with E-state index >= 15 is 0 Å². The zero-order valence-corrected chi connectivity index (χ0v) is 13.8. The van der Waals surface area contributed by atoms with E-state index in [2.05, 4.69) is 11.4 Å². The molecule has 1 fully saturated rings. The third kappa shape index (κ3) is 5.39. The summed E-state index contributed by atoms with van der Waals surface area (Å²) in [5, 5.41) is 4.93. The van der Waals surface area contributed by atoms with Gasteiger partial charge in [-0.3, -0.25) is 9.69 Å². The number of carbonyl (C=O) groups is 1. The van der Waals surface area contributed by atoms with Crippen molar-refractivity contribution < 1.29 is 13.2 Å². The highest BCUT2D eigenvalue weighted by Gasteiger charge is 2.24. The summed E-state index contributed by atoms with van der Waals surface area (Å²) < 4.78 is 24.3. The topological polar surface area (TPSA) is 69.7 Å². The molecule has 0 bridgehead atoms. The standard InChI is InChI=1S/C13H21N3O3S2/c1-21(18,19)16-8-6-15(7-9-16)11-13(17)14-5-4-12-3-2-10-20-12/h2-3,10H,4-9,11H2,1H3,(H,14,17). The zero-order chi connectivity index (χ0) is 15.3. The van der Waals surface area contributed by atoms with E-state index < -0.39 is 10.0 Å². The summed E-state index contributed by atoms with van der Waals surface area (Å²) in [5.74, 6) is -0.000591. The first-order chi connectivity index (χ1) is 9.95. The molecule has 1 aromatic rings. The molecule has 2 rings (SSSR count). The van der Waals surface area contributed by atoms with E-state index in [0.717, 1.165) is 6.42 Å². The third-order valence-electron chi connectivity index (χ3n) is 3.44.